The van der Waals surface area contributed by atoms with Gasteiger partial charge >= 0.3 is 0 Å². The first kappa shape index (κ1) is 14.2. The van der Waals surface area contributed by atoms with Gasteiger partial charge in [-0.15, -0.1) is 11.3 Å². The van der Waals surface area contributed by atoms with Crippen LogP contribution in [0.2, 0.25) is 0 Å². The van der Waals surface area contributed by atoms with Gasteiger partial charge in [-0.3, -0.25) is 0 Å². The van der Waals surface area contributed by atoms with Gasteiger partial charge in [0.2, 0.25) is 0 Å². The number of aromatic nitrogens is 1. The highest BCUT2D eigenvalue weighted by Crippen LogP contribution is 2.31. The largest absolute Gasteiger partial charge is 0.362 e. The van der Waals surface area contributed by atoms with Gasteiger partial charge < -0.3 is 4.90 Å². The molecule has 1 rings (SSSR count). The molecule has 0 saturated carbocycles. The van der Waals surface area contributed by atoms with E-state index in [1.165, 1.54) is 28.4 Å². The summed E-state index contributed by atoms with van der Waals surface area (Å²) in [5.41, 5.74) is 1.18. The molecule has 1 aromatic heterocycles. The molecule has 0 bridgehead atoms. The number of nitrogens with zero attached hydrogens (tertiary/aromatic N) is 2. The van der Waals surface area contributed by atoms with Crippen LogP contribution in [-0.2, 0) is 0 Å². The molecule has 2 nitrogen and oxygen atoms in total. The second kappa shape index (κ2) is 6.80. The first-order valence-corrected chi connectivity index (χ1v) is 7.27. The van der Waals surface area contributed by atoms with Crippen LogP contribution < -0.4 is 4.90 Å². The first-order chi connectivity index (χ1) is 8.10. The van der Waals surface area contributed by atoms with Crippen molar-refractivity contribution in [1.29, 1.82) is 0 Å². The molecule has 0 fully saturated rings. The van der Waals surface area contributed by atoms with E-state index in [0.717, 1.165) is 13.1 Å². The number of thiazole rings is 1. The lowest BCUT2D eigenvalue weighted by Gasteiger charge is -2.20. The van der Waals surface area contributed by atoms with Crippen molar-refractivity contribution in [2.75, 3.05) is 18.0 Å². The van der Waals surface area contributed by atoms with E-state index in [9.17, 15) is 0 Å². The standard InChI is InChI=1S/C14H24N2S/c1-6-8-16(9-7-2)13-10-15-14(17-13)12(5)11(3)4/h10,12H,3,6-9H2,1-2,4-5H3. The third kappa shape index (κ3) is 3.84. The average Bonchev–Trinajstić information content (AvgIpc) is 2.76. The summed E-state index contributed by atoms with van der Waals surface area (Å²) in [4.78, 5) is 6.98. The van der Waals surface area contributed by atoms with Crippen molar-refractivity contribution in [2.45, 2.75) is 46.5 Å². The summed E-state index contributed by atoms with van der Waals surface area (Å²) in [6.45, 7) is 14.9. The third-order valence-corrected chi connectivity index (χ3v) is 4.16. The van der Waals surface area contributed by atoms with E-state index in [2.05, 4.69) is 44.2 Å². The first-order valence-electron chi connectivity index (χ1n) is 6.46. The van der Waals surface area contributed by atoms with Crippen LogP contribution in [0.15, 0.2) is 18.3 Å². The molecule has 1 atom stereocenters. The quantitative estimate of drug-likeness (QED) is 0.667. The van der Waals surface area contributed by atoms with Gasteiger partial charge in [-0.05, 0) is 19.8 Å². The smallest absolute Gasteiger partial charge is 0.111 e. The van der Waals surface area contributed by atoms with Crippen LogP contribution in [0.4, 0.5) is 5.00 Å². The van der Waals surface area contributed by atoms with Crippen molar-refractivity contribution in [3.8, 4) is 0 Å². The summed E-state index contributed by atoms with van der Waals surface area (Å²) >= 11 is 1.81. The minimum Gasteiger partial charge on any atom is -0.362 e. The van der Waals surface area contributed by atoms with Gasteiger partial charge in [-0.1, -0.05) is 32.9 Å². The lowest BCUT2D eigenvalue weighted by Crippen LogP contribution is -2.23. The lowest BCUT2D eigenvalue weighted by molar-refractivity contribution is 0.750. The normalized spacial score (nSPS) is 12.5. The van der Waals surface area contributed by atoms with Crippen molar-refractivity contribution in [1.82, 2.24) is 4.98 Å². The second-order valence-electron chi connectivity index (χ2n) is 4.59. The van der Waals surface area contributed by atoms with Gasteiger partial charge in [0.1, 0.15) is 10.0 Å². The van der Waals surface area contributed by atoms with Gasteiger partial charge in [-0.2, -0.15) is 0 Å². The third-order valence-electron chi connectivity index (χ3n) is 2.92. The van der Waals surface area contributed by atoms with Crippen molar-refractivity contribution in [3.63, 3.8) is 0 Å². The predicted octanol–water partition coefficient (Wildman–Crippen LogP) is 4.45. The fourth-order valence-electron chi connectivity index (χ4n) is 1.71. The number of hydrogen-bond donors (Lipinski definition) is 0. The maximum Gasteiger partial charge on any atom is 0.111 e. The molecule has 17 heavy (non-hydrogen) atoms. The molecule has 0 radical (unpaired) electrons. The topological polar surface area (TPSA) is 16.1 Å². The SMILES string of the molecule is C=C(C)C(C)c1ncc(N(CCC)CCC)s1. The van der Waals surface area contributed by atoms with Crippen LogP contribution in [0.25, 0.3) is 0 Å². The van der Waals surface area contributed by atoms with Crippen molar-refractivity contribution < 1.29 is 0 Å². The molecule has 0 aliphatic heterocycles. The fourth-order valence-corrected chi connectivity index (χ4v) is 2.82. The Bertz CT molecular complexity index is 351. The molecule has 1 unspecified atom stereocenters. The van der Waals surface area contributed by atoms with Crippen LogP contribution in [-0.4, -0.2) is 18.1 Å². The Balaban J connectivity index is 2.80. The molecule has 0 amide bonds. The Hall–Kier alpha value is -0.830. The molecule has 0 saturated heterocycles. The van der Waals surface area contributed by atoms with E-state index in [1.54, 1.807) is 0 Å². The minimum absolute atomic E-state index is 0.374. The molecule has 0 aliphatic carbocycles. The van der Waals surface area contributed by atoms with Gasteiger partial charge in [0, 0.05) is 19.0 Å². The van der Waals surface area contributed by atoms with Crippen LogP contribution in [0, 0.1) is 0 Å². The highest BCUT2D eigenvalue weighted by molar-refractivity contribution is 7.15. The molecule has 0 spiro atoms. The zero-order valence-corrected chi connectivity index (χ0v) is 12.3. The second-order valence-corrected chi connectivity index (χ2v) is 5.63. The fraction of sp³-hybridized carbons (Fsp3) is 0.643. The molecular weight excluding hydrogens is 228 g/mol. The van der Waals surface area contributed by atoms with Gasteiger partial charge in [-0.25, -0.2) is 4.98 Å². The van der Waals surface area contributed by atoms with Gasteiger partial charge in [0.05, 0.1) is 6.20 Å². The number of allylic oxidation sites excluding steroid dienone is 1. The molecule has 3 heteroatoms. The highest BCUT2D eigenvalue weighted by Gasteiger charge is 2.14. The molecule has 0 N–H and O–H groups in total. The van der Waals surface area contributed by atoms with Crippen molar-refractivity contribution >= 4 is 16.3 Å². The van der Waals surface area contributed by atoms with Gasteiger partial charge in [0.25, 0.3) is 0 Å². The number of hydrogen-bond acceptors (Lipinski definition) is 3. The Morgan fingerprint density at radius 1 is 1.41 bits per heavy atom. The Kier molecular flexibility index (Phi) is 5.69. The van der Waals surface area contributed by atoms with E-state index in [-0.39, 0.29) is 0 Å². The van der Waals surface area contributed by atoms with E-state index in [4.69, 9.17) is 0 Å². The summed E-state index contributed by atoms with van der Waals surface area (Å²) in [5.74, 6) is 0.374. The van der Waals surface area contributed by atoms with E-state index in [0.29, 0.717) is 5.92 Å². The maximum atomic E-state index is 4.54. The van der Waals surface area contributed by atoms with E-state index >= 15 is 0 Å². The molecule has 0 aliphatic rings. The minimum atomic E-state index is 0.374. The Morgan fingerprint density at radius 2 is 2.00 bits per heavy atom. The molecular formula is C14H24N2S. The Labute approximate surface area is 109 Å². The monoisotopic (exact) mass is 252 g/mol. The zero-order chi connectivity index (χ0) is 12.8. The van der Waals surface area contributed by atoms with Crippen molar-refractivity contribution in [2.24, 2.45) is 0 Å². The highest BCUT2D eigenvalue weighted by atomic mass is 32.1. The summed E-state index contributed by atoms with van der Waals surface area (Å²) in [6.07, 6.45) is 4.39. The summed E-state index contributed by atoms with van der Waals surface area (Å²) < 4.78 is 0. The number of rotatable bonds is 7. The van der Waals surface area contributed by atoms with Crippen LogP contribution in [0.1, 0.15) is 51.5 Å². The Morgan fingerprint density at radius 3 is 2.47 bits per heavy atom. The summed E-state index contributed by atoms with van der Waals surface area (Å²) in [7, 11) is 0. The zero-order valence-electron chi connectivity index (χ0n) is 11.5. The molecule has 1 heterocycles. The van der Waals surface area contributed by atoms with Crippen LogP contribution >= 0.6 is 11.3 Å². The molecule has 1 aromatic rings. The van der Waals surface area contributed by atoms with Gasteiger partial charge in [0.15, 0.2) is 0 Å². The molecule has 0 aromatic carbocycles. The van der Waals surface area contributed by atoms with Crippen molar-refractivity contribution in [3.05, 3.63) is 23.4 Å². The number of anilines is 1. The van der Waals surface area contributed by atoms with Crippen LogP contribution in [0.3, 0.4) is 0 Å². The van der Waals surface area contributed by atoms with E-state index in [1.807, 2.05) is 17.5 Å². The van der Waals surface area contributed by atoms with Crippen LogP contribution in [0.5, 0.6) is 0 Å². The summed E-state index contributed by atoms with van der Waals surface area (Å²) in [6, 6.07) is 0. The summed E-state index contributed by atoms with van der Waals surface area (Å²) in [5, 5.41) is 2.49. The van der Waals surface area contributed by atoms with E-state index < -0.39 is 0 Å². The maximum absolute atomic E-state index is 4.54. The average molecular weight is 252 g/mol. The lowest BCUT2D eigenvalue weighted by atomic mass is 10.1. The predicted molar refractivity (Wildman–Crippen MR) is 78.1 cm³/mol. The molecule has 96 valence electrons.